The van der Waals surface area contributed by atoms with E-state index >= 15 is 0 Å². The molecule has 0 rings (SSSR count). The van der Waals surface area contributed by atoms with Gasteiger partial charge in [-0.1, -0.05) is 51.9 Å². The second-order valence-corrected chi connectivity index (χ2v) is 5.21. The van der Waals surface area contributed by atoms with E-state index in [1.807, 2.05) is 13.8 Å². The van der Waals surface area contributed by atoms with E-state index in [0.717, 1.165) is 12.8 Å². The Morgan fingerprint density at radius 3 is 1.70 bits per heavy atom. The molecule has 2 N–H and O–H groups in total. The van der Waals surface area contributed by atoms with Gasteiger partial charge in [-0.3, -0.25) is 4.79 Å². The molecule has 0 aliphatic carbocycles. The van der Waals surface area contributed by atoms with E-state index in [2.05, 4.69) is 6.92 Å². The van der Waals surface area contributed by atoms with Crippen molar-refractivity contribution in [2.75, 3.05) is 13.2 Å². The molecule has 0 spiro atoms. The van der Waals surface area contributed by atoms with Gasteiger partial charge in [-0.05, 0) is 20.3 Å². The normalized spacial score (nSPS) is 11.8. The van der Waals surface area contributed by atoms with Gasteiger partial charge in [0.15, 0.2) is 0 Å². The molecule has 1 amide bonds. The zero-order chi connectivity index (χ0) is 15.3. The van der Waals surface area contributed by atoms with Crippen LogP contribution in [0.4, 0.5) is 0 Å². The summed E-state index contributed by atoms with van der Waals surface area (Å²) in [5.74, 6) is -1.73. The first kappa shape index (κ1) is 19.4. The van der Waals surface area contributed by atoms with E-state index in [9.17, 15) is 4.79 Å². The molecule has 0 aromatic heterocycles. The molecule has 0 heterocycles. The lowest BCUT2D eigenvalue weighted by molar-refractivity contribution is -0.228. The van der Waals surface area contributed by atoms with Gasteiger partial charge in [0.05, 0.1) is 0 Å². The van der Waals surface area contributed by atoms with Crippen molar-refractivity contribution < 1.29 is 14.3 Å². The fourth-order valence-corrected chi connectivity index (χ4v) is 2.41. The molecule has 0 radical (unpaired) electrons. The highest BCUT2D eigenvalue weighted by Crippen LogP contribution is 2.22. The standard InChI is InChI=1S/C16H33NO3/c1-4-7-8-9-10-11-12-13-14-16(15(17)18,19-5-2)20-6-3/h4-14H2,1-3H3,(H2,17,18). The lowest BCUT2D eigenvalue weighted by Crippen LogP contribution is -2.48. The summed E-state index contributed by atoms with van der Waals surface area (Å²) in [6.07, 6.45) is 10.3. The summed E-state index contributed by atoms with van der Waals surface area (Å²) in [7, 11) is 0. The minimum Gasteiger partial charge on any atom is -0.365 e. The Labute approximate surface area is 124 Å². The summed E-state index contributed by atoms with van der Waals surface area (Å²) in [5, 5.41) is 0. The van der Waals surface area contributed by atoms with Crippen molar-refractivity contribution >= 4 is 5.91 Å². The number of carbonyl (C=O) groups is 1. The first-order valence-electron chi connectivity index (χ1n) is 8.20. The number of amides is 1. The highest BCUT2D eigenvalue weighted by molar-refractivity contribution is 5.81. The molecule has 120 valence electrons. The molecular formula is C16H33NO3. The van der Waals surface area contributed by atoms with Crippen molar-refractivity contribution in [2.45, 2.75) is 84.3 Å². The smallest absolute Gasteiger partial charge is 0.277 e. The second kappa shape index (κ2) is 12.2. The Kier molecular flexibility index (Phi) is 11.8. The number of primary amides is 1. The maximum Gasteiger partial charge on any atom is 0.277 e. The highest BCUT2D eigenvalue weighted by atomic mass is 16.7. The number of ether oxygens (including phenoxy) is 2. The lowest BCUT2D eigenvalue weighted by Gasteiger charge is -2.29. The average molecular weight is 287 g/mol. The third-order valence-corrected chi connectivity index (χ3v) is 3.49. The molecule has 0 aromatic rings. The van der Waals surface area contributed by atoms with Crippen molar-refractivity contribution in [3.05, 3.63) is 0 Å². The largest absolute Gasteiger partial charge is 0.365 e. The molecule has 0 fully saturated rings. The van der Waals surface area contributed by atoms with Crippen LogP contribution in [0.3, 0.4) is 0 Å². The van der Waals surface area contributed by atoms with Crippen LogP contribution in [-0.2, 0) is 14.3 Å². The van der Waals surface area contributed by atoms with Gasteiger partial charge < -0.3 is 15.2 Å². The Hall–Kier alpha value is -0.610. The molecule has 0 saturated carbocycles. The Bertz CT molecular complexity index is 238. The SMILES string of the molecule is CCCCCCCCCCC(OCC)(OCC)C(N)=O. The Balaban J connectivity index is 3.93. The summed E-state index contributed by atoms with van der Waals surface area (Å²) in [5.41, 5.74) is 5.45. The summed E-state index contributed by atoms with van der Waals surface area (Å²) in [6.45, 7) is 6.79. The minimum absolute atomic E-state index is 0.431. The molecule has 20 heavy (non-hydrogen) atoms. The molecule has 4 heteroatoms. The predicted molar refractivity (Wildman–Crippen MR) is 82.4 cm³/mol. The van der Waals surface area contributed by atoms with Crippen molar-refractivity contribution in [1.29, 1.82) is 0 Å². The van der Waals surface area contributed by atoms with E-state index in [-0.39, 0.29) is 0 Å². The lowest BCUT2D eigenvalue weighted by atomic mass is 10.0. The summed E-state index contributed by atoms with van der Waals surface area (Å²) in [6, 6.07) is 0. The maximum atomic E-state index is 11.6. The molecule has 0 aliphatic heterocycles. The van der Waals surface area contributed by atoms with Gasteiger partial charge in [-0.15, -0.1) is 0 Å². The van der Waals surface area contributed by atoms with Gasteiger partial charge in [-0.2, -0.15) is 0 Å². The maximum absolute atomic E-state index is 11.6. The number of carbonyl (C=O) groups excluding carboxylic acids is 1. The fourth-order valence-electron chi connectivity index (χ4n) is 2.41. The Morgan fingerprint density at radius 1 is 0.850 bits per heavy atom. The molecular weight excluding hydrogens is 254 g/mol. The fraction of sp³-hybridized carbons (Fsp3) is 0.938. The molecule has 0 bridgehead atoms. The number of rotatable bonds is 14. The van der Waals surface area contributed by atoms with Gasteiger partial charge >= 0.3 is 0 Å². The number of nitrogens with two attached hydrogens (primary N) is 1. The molecule has 4 nitrogen and oxygen atoms in total. The van der Waals surface area contributed by atoms with Crippen LogP contribution >= 0.6 is 0 Å². The first-order chi connectivity index (χ1) is 9.63. The van der Waals surface area contributed by atoms with Crippen molar-refractivity contribution in [2.24, 2.45) is 5.73 Å². The van der Waals surface area contributed by atoms with Crippen LogP contribution in [0.25, 0.3) is 0 Å². The highest BCUT2D eigenvalue weighted by Gasteiger charge is 2.37. The zero-order valence-corrected chi connectivity index (χ0v) is 13.6. The molecule has 0 atom stereocenters. The summed E-state index contributed by atoms with van der Waals surface area (Å²) >= 11 is 0. The topological polar surface area (TPSA) is 61.6 Å². The number of hydrogen-bond acceptors (Lipinski definition) is 3. The Morgan fingerprint density at radius 2 is 1.30 bits per heavy atom. The van der Waals surface area contributed by atoms with E-state index < -0.39 is 11.7 Å². The molecule has 0 aromatic carbocycles. The zero-order valence-electron chi connectivity index (χ0n) is 13.6. The van der Waals surface area contributed by atoms with Gasteiger partial charge in [0, 0.05) is 19.6 Å². The van der Waals surface area contributed by atoms with Gasteiger partial charge in [0.1, 0.15) is 0 Å². The second-order valence-electron chi connectivity index (χ2n) is 5.21. The van der Waals surface area contributed by atoms with Crippen LogP contribution < -0.4 is 5.73 Å². The molecule has 0 saturated heterocycles. The van der Waals surface area contributed by atoms with Gasteiger partial charge in [0.2, 0.25) is 5.79 Å². The quantitative estimate of drug-likeness (QED) is 0.391. The van der Waals surface area contributed by atoms with Crippen LogP contribution in [-0.4, -0.2) is 24.9 Å². The van der Waals surface area contributed by atoms with Crippen LogP contribution in [0.15, 0.2) is 0 Å². The number of hydrogen-bond donors (Lipinski definition) is 1. The third-order valence-electron chi connectivity index (χ3n) is 3.49. The summed E-state index contributed by atoms with van der Waals surface area (Å²) in [4.78, 5) is 11.6. The summed E-state index contributed by atoms with van der Waals surface area (Å²) < 4.78 is 11.0. The van der Waals surface area contributed by atoms with Crippen molar-refractivity contribution in [3.8, 4) is 0 Å². The van der Waals surface area contributed by atoms with Crippen LogP contribution in [0.5, 0.6) is 0 Å². The van der Waals surface area contributed by atoms with Gasteiger partial charge in [0.25, 0.3) is 5.91 Å². The van der Waals surface area contributed by atoms with Crippen molar-refractivity contribution in [1.82, 2.24) is 0 Å². The number of unbranched alkanes of at least 4 members (excludes halogenated alkanes) is 7. The van der Waals surface area contributed by atoms with E-state index in [0.29, 0.717) is 19.6 Å². The van der Waals surface area contributed by atoms with Crippen LogP contribution in [0.2, 0.25) is 0 Å². The van der Waals surface area contributed by atoms with E-state index in [1.165, 1.54) is 38.5 Å². The first-order valence-corrected chi connectivity index (χ1v) is 8.20. The predicted octanol–water partition coefficient (Wildman–Crippen LogP) is 3.77. The molecule has 0 unspecified atom stereocenters. The monoisotopic (exact) mass is 287 g/mol. The minimum atomic E-state index is -1.22. The molecule has 0 aliphatic rings. The van der Waals surface area contributed by atoms with E-state index in [1.54, 1.807) is 0 Å². The van der Waals surface area contributed by atoms with Crippen molar-refractivity contribution in [3.63, 3.8) is 0 Å². The van der Waals surface area contributed by atoms with E-state index in [4.69, 9.17) is 15.2 Å². The van der Waals surface area contributed by atoms with Crippen LogP contribution in [0, 0.1) is 0 Å². The third kappa shape index (κ3) is 7.85. The van der Waals surface area contributed by atoms with Crippen LogP contribution in [0.1, 0.15) is 78.6 Å². The average Bonchev–Trinajstić information content (AvgIpc) is 2.42. The van der Waals surface area contributed by atoms with Gasteiger partial charge in [-0.25, -0.2) is 0 Å².